The van der Waals surface area contributed by atoms with Crippen molar-refractivity contribution in [2.24, 2.45) is 0 Å². The minimum Gasteiger partial charge on any atom is -0.432 e. The SMILES string of the molecule is Cc1cc(N(C)C(=S)N(c2ccc(C(=O)Nc3ncco3)c(F)c2)C2(C=O)CCC2)cnc1C#N. The van der Waals surface area contributed by atoms with E-state index in [9.17, 15) is 9.59 Å². The van der Waals surface area contributed by atoms with Gasteiger partial charge in [-0.05, 0) is 68.2 Å². The van der Waals surface area contributed by atoms with Crippen molar-refractivity contribution in [1.29, 1.82) is 5.26 Å². The Bertz CT molecular complexity index is 1330. The van der Waals surface area contributed by atoms with E-state index in [-0.39, 0.29) is 16.7 Å². The molecule has 4 rings (SSSR count). The van der Waals surface area contributed by atoms with Crippen LogP contribution in [-0.2, 0) is 4.79 Å². The number of carbonyl (C=O) groups excluding carboxylic acids is 2. The molecule has 35 heavy (non-hydrogen) atoms. The normalized spacial score (nSPS) is 13.8. The highest BCUT2D eigenvalue weighted by Gasteiger charge is 2.45. The molecule has 3 aromatic rings. The second-order valence-corrected chi connectivity index (χ2v) is 8.54. The van der Waals surface area contributed by atoms with Gasteiger partial charge in [-0.1, -0.05) is 0 Å². The number of rotatable bonds is 6. The van der Waals surface area contributed by atoms with Gasteiger partial charge in [0.2, 0.25) is 0 Å². The number of oxazole rings is 1. The highest BCUT2D eigenvalue weighted by molar-refractivity contribution is 7.80. The van der Waals surface area contributed by atoms with Gasteiger partial charge >= 0.3 is 6.01 Å². The van der Waals surface area contributed by atoms with E-state index < -0.39 is 17.3 Å². The molecule has 0 saturated heterocycles. The predicted molar refractivity (Wildman–Crippen MR) is 131 cm³/mol. The monoisotopic (exact) mass is 492 g/mol. The summed E-state index contributed by atoms with van der Waals surface area (Å²) in [5, 5.41) is 11.8. The van der Waals surface area contributed by atoms with Crippen LogP contribution in [0.15, 0.2) is 47.3 Å². The summed E-state index contributed by atoms with van der Waals surface area (Å²) < 4.78 is 20.1. The summed E-state index contributed by atoms with van der Waals surface area (Å²) in [7, 11) is 1.71. The van der Waals surface area contributed by atoms with Gasteiger partial charge in [0.15, 0.2) is 5.11 Å². The fourth-order valence-electron chi connectivity index (χ4n) is 3.89. The van der Waals surface area contributed by atoms with Crippen molar-refractivity contribution in [2.45, 2.75) is 31.7 Å². The number of amides is 1. The summed E-state index contributed by atoms with van der Waals surface area (Å²) in [6.07, 6.45) is 6.89. The topological polar surface area (TPSA) is 115 Å². The summed E-state index contributed by atoms with van der Waals surface area (Å²) in [4.78, 5) is 35.9. The maximum absolute atomic E-state index is 15.1. The zero-order chi connectivity index (χ0) is 25.2. The first-order valence-corrected chi connectivity index (χ1v) is 11.1. The van der Waals surface area contributed by atoms with Crippen molar-refractivity contribution in [3.8, 4) is 6.07 Å². The summed E-state index contributed by atoms with van der Waals surface area (Å²) in [6, 6.07) is 7.78. The average molecular weight is 493 g/mol. The fraction of sp³-hybridized carbons (Fsp3) is 0.250. The van der Waals surface area contributed by atoms with Crippen LogP contribution in [0.2, 0.25) is 0 Å². The molecule has 0 aliphatic heterocycles. The lowest BCUT2D eigenvalue weighted by molar-refractivity contribution is -0.114. The Balaban J connectivity index is 1.68. The number of hydrogen-bond acceptors (Lipinski definition) is 7. The highest BCUT2D eigenvalue weighted by Crippen LogP contribution is 2.40. The number of aromatic nitrogens is 2. The quantitative estimate of drug-likeness (QED) is 0.403. The number of hydrogen-bond donors (Lipinski definition) is 1. The Morgan fingerprint density at radius 3 is 2.63 bits per heavy atom. The molecule has 0 radical (unpaired) electrons. The number of pyridine rings is 1. The molecule has 178 valence electrons. The van der Waals surface area contributed by atoms with Crippen molar-refractivity contribution in [2.75, 3.05) is 22.2 Å². The van der Waals surface area contributed by atoms with E-state index in [4.69, 9.17) is 21.9 Å². The van der Waals surface area contributed by atoms with E-state index in [1.807, 2.05) is 6.07 Å². The molecule has 1 fully saturated rings. The smallest absolute Gasteiger partial charge is 0.301 e. The lowest BCUT2D eigenvalue weighted by Gasteiger charge is -2.48. The Morgan fingerprint density at radius 2 is 2.09 bits per heavy atom. The number of thiocarbonyl (C=S) groups is 1. The van der Waals surface area contributed by atoms with Crippen LogP contribution in [0.1, 0.15) is 40.9 Å². The second kappa shape index (κ2) is 9.60. The number of anilines is 3. The van der Waals surface area contributed by atoms with Gasteiger partial charge in [0.1, 0.15) is 35.7 Å². The van der Waals surface area contributed by atoms with Crippen LogP contribution in [-0.4, -0.2) is 39.9 Å². The number of carbonyl (C=O) groups is 2. The largest absolute Gasteiger partial charge is 0.432 e. The number of nitrogens with one attached hydrogen (secondary N) is 1. The van der Waals surface area contributed by atoms with Crippen LogP contribution in [0.5, 0.6) is 0 Å². The van der Waals surface area contributed by atoms with E-state index in [1.165, 1.54) is 30.8 Å². The van der Waals surface area contributed by atoms with Crippen molar-refractivity contribution >= 4 is 46.9 Å². The summed E-state index contributed by atoms with van der Waals surface area (Å²) >= 11 is 5.76. The number of aldehydes is 1. The molecule has 2 heterocycles. The minimum absolute atomic E-state index is 0.0522. The summed E-state index contributed by atoms with van der Waals surface area (Å²) in [5.74, 6) is -1.52. The zero-order valence-electron chi connectivity index (χ0n) is 19.0. The summed E-state index contributed by atoms with van der Waals surface area (Å²) in [5.41, 5.74) is 0.763. The van der Waals surface area contributed by atoms with E-state index >= 15 is 4.39 Å². The Kier molecular flexibility index (Phi) is 6.57. The Labute approximate surface area is 206 Å². The molecule has 0 unspecified atom stereocenters. The molecular formula is C24H21FN6O3S. The fourth-order valence-corrected chi connectivity index (χ4v) is 4.28. The van der Waals surface area contributed by atoms with E-state index in [0.29, 0.717) is 35.5 Å². The number of nitrogens with zero attached hydrogens (tertiary/aromatic N) is 5. The lowest BCUT2D eigenvalue weighted by atomic mass is 9.76. The van der Waals surface area contributed by atoms with Gasteiger partial charge in [-0.15, -0.1) is 0 Å². The maximum Gasteiger partial charge on any atom is 0.301 e. The van der Waals surface area contributed by atoms with Crippen LogP contribution in [0.25, 0.3) is 0 Å². The van der Waals surface area contributed by atoms with Crippen LogP contribution in [0, 0.1) is 24.1 Å². The van der Waals surface area contributed by atoms with Crippen molar-refractivity contribution in [1.82, 2.24) is 9.97 Å². The standard InChI is InChI=1S/C24H21FN6O3S/c1-15-10-17(13-28-20(15)12-26)30(2)23(35)31(24(14-32)6-3-7-24)16-4-5-18(19(25)11-16)21(33)29-22-27-8-9-34-22/h4-5,8-11,13-14H,3,6-7H2,1-2H3,(H,27,29,33). The number of halogens is 1. The number of nitriles is 1. The van der Waals surface area contributed by atoms with Gasteiger partial charge < -0.3 is 19.0 Å². The van der Waals surface area contributed by atoms with Gasteiger partial charge in [-0.25, -0.2) is 14.4 Å². The third-order valence-electron chi connectivity index (χ3n) is 6.03. The second-order valence-electron chi connectivity index (χ2n) is 8.18. The molecule has 9 nitrogen and oxygen atoms in total. The molecule has 2 aromatic heterocycles. The van der Waals surface area contributed by atoms with Gasteiger partial charge in [-0.3, -0.25) is 10.1 Å². The molecule has 1 aromatic carbocycles. The third-order valence-corrected chi connectivity index (χ3v) is 6.48. The molecule has 1 amide bonds. The lowest BCUT2D eigenvalue weighted by Crippen LogP contribution is -2.60. The Hall–Kier alpha value is -4.17. The summed E-state index contributed by atoms with van der Waals surface area (Å²) in [6.45, 7) is 1.76. The van der Waals surface area contributed by atoms with Crippen LogP contribution in [0.4, 0.5) is 21.8 Å². The molecule has 1 N–H and O–H groups in total. The predicted octanol–water partition coefficient (Wildman–Crippen LogP) is 3.99. The average Bonchev–Trinajstić information content (AvgIpc) is 3.33. The van der Waals surface area contributed by atoms with Crippen molar-refractivity contribution in [3.05, 3.63) is 65.6 Å². The van der Waals surface area contributed by atoms with Gasteiger partial charge in [0.25, 0.3) is 5.91 Å². The molecule has 1 aliphatic carbocycles. The molecular weight excluding hydrogens is 471 g/mol. The van der Waals surface area contributed by atoms with Crippen LogP contribution < -0.4 is 15.1 Å². The molecule has 0 atom stereocenters. The van der Waals surface area contributed by atoms with Crippen LogP contribution in [0.3, 0.4) is 0 Å². The third kappa shape index (κ3) is 4.48. The first-order valence-electron chi connectivity index (χ1n) is 10.7. The zero-order valence-corrected chi connectivity index (χ0v) is 19.8. The number of benzene rings is 1. The molecule has 0 spiro atoms. The van der Waals surface area contributed by atoms with Gasteiger partial charge in [0, 0.05) is 12.7 Å². The highest BCUT2D eigenvalue weighted by atomic mass is 32.1. The molecule has 1 aliphatic rings. The van der Waals surface area contributed by atoms with Crippen molar-refractivity contribution in [3.63, 3.8) is 0 Å². The van der Waals surface area contributed by atoms with Crippen molar-refractivity contribution < 1.29 is 18.4 Å². The van der Waals surface area contributed by atoms with Gasteiger partial charge in [-0.2, -0.15) is 5.26 Å². The molecule has 1 saturated carbocycles. The molecule has 11 heteroatoms. The maximum atomic E-state index is 15.1. The van der Waals surface area contributed by atoms with E-state index in [2.05, 4.69) is 15.3 Å². The first-order chi connectivity index (χ1) is 16.8. The van der Waals surface area contributed by atoms with E-state index in [1.54, 1.807) is 35.9 Å². The van der Waals surface area contributed by atoms with Gasteiger partial charge in [0.05, 0.1) is 23.6 Å². The minimum atomic E-state index is -0.936. The molecule has 0 bridgehead atoms. The van der Waals surface area contributed by atoms with E-state index in [0.717, 1.165) is 12.7 Å². The van der Waals surface area contributed by atoms with Crippen LogP contribution >= 0.6 is 12.2 Å². The first kappa shape index (κ1) is 24.0. The Morgan fingerprint density at radius 1 is 1.31 bits per heavy atom. The number of aryl methyl sites for hydroxylation is 1.